The van der Waals surface area contributed by atoms with Crippen LogP contribution in [-0.2, 0) is 6.54 Å². The van der Waals surface area contributed by atoms with Crippen molar-refractivity contribution in [2.45, 2.75) is 31.8 Å². The lowest BCUT2D eigenvalue weighted by atomic mass is 10.0. The Bertz CT molecular complexity index is 534. The molecule has 1 aliphatic rings. The quantitative estimate of drug-likeness (QED) is 0.926. The number of aromatic nitrogens is 2. The zero-order valence-corrected chi connectivity index (χ0v) is 11.8. The van der Waals surface area contributed by atoms with Crippen LogP contribution in [0.3, 0.4) is 0 Å². The van der Waals surface area contributed by atoms with E-state index >= 15 is 0 Å². The third kappa shape index (κ3) is 2.92. The van der Waals surface area contributed by atoms with Crippen molar-refractivity contribution in [1.82, 2.24) is 14.7 Å². The molecule has 4 nitrogen and oxygen atoms in total. The van der Waals surface area contributed by atoms with Gasteiger partial charge in [-0.3, -0.25) is 4.90 Å². The van der Waals surface area contributed by atoms with Crippen molar-refractivity contribution < 1.29 is 0 Å². The summed E-state index contributed by atoms with van der Waals surface area (Å²) in [6.07, 6.45) is 5.83. The van der Waals surface area contributed by atoms with E-state index in [9.17, 15) is 0 Å². The number of hydrogen-bond donors (Lipinski definition) is 1. The minimum Gasteiger partial charge on any atom is -0.329 e. The number of rotatable bonds is 4. The normalized spacial score (nSPS) is 20.1. The van der Waals surface area contributed by atoms with E-state index in [2.05, 4.69) is 28.2 Å². The molecule has 1 fully saturated rings. The first-order valence-electron chi connectivity index (χ1n) is 7.41. The van der Waals surface area contributed by atoms with E-state index in [1.807, 2.05) is 29.1 Å². The molecule has 20 heavy (non-hydrogen) atoms. The van der Waals surface area contributed by atoms with Crippen LogP contribution in [0.4, 0.5) is 0 Å². The van der Waals surface area contributed by atoms with Crippen molar-refractivity contribution in [3.8, 4) is 5.69 Å². The molecule has 0 aliphatic carbocycles. The SMILES string of the molecule is NCC1CCCCN1Cc1ccn(-c2ccccc2)n1. The van der Waals surface area contributed by atoms with Gasteiger partial charge in [0.05, 0.1) is 11.4 Å². The summed E-state index contributed by atoms with van der Waals surface area (Å²) in [5.74, 6) is 0. The van der Waals surface area contributed by atoms with E-state index in [-0.39, 0.29) is 0 Å². The third-order valence-corrected chi connectivity index (χ3v) is 4.05. The van der Waals surface area contributed by atoms with Crippen LogP contribution in [-0.4, -0.2) is 33.8 Å². The topological polar surface area (TPSA) is 47.1 Å². The summed E-state index contributed by atoms with van der Waals surface area (Å²) in [6, 6.07) is 12.9. The second-order valence-corrected chi connectivity index (χ2v) is 5.44. The van der Waals surface area contributed by atoms with Crippen molar-refractivity contribution in [2.75, 3.05) is 13.1 Å². The number of benzene rings is 1. The molecule has 1 aliphatic heterocycles. The largest absolute Gasteiger partial charge is 0.329 e. The van der Waals surface area contributed by atoms with Gasteiger partial charge in [0.15, 0.2) is 0 Å². The second-order valence-electron chi connectivity index (χ2n) is 5.44. The van der Waals surface area contributed by atoms with Crippen LogP contribution >= 0.6 is 0 Å². The fraction of sp³-hybridized carbons (Fsp3) is 0.438. The van der Waals surface area contributed by atoms with Gasteiger partial charge < -0.3 is 5.73 Å². The summed E-state index contributed by atoms with van der Waals surface area (Å²) in [5.41, 5.74) is 8.10. The van der Waals surface area contributed by atoms with Crippen LogP contribution < -0.4 is 5.73 Å². The van der Waals surface area contributed by atoms with Crippen LogP contribution in [0, 0.1) is 0 Å². The zero-order chi connectivity index (χ0) is 13.8. The standard InChI is InChI=1S/C16H22N4/c17-12-16-8-4-5-10-19(16)13-14-9-11-20(18-14)15-6-2-1-3-7-15/h1-3,6-7,9,11,16H,4-5,8,10,12-13,17H2. The molecular weight excluding hydrogens is 248 g/mol. The van der Waals surface area contributed by atoms with Gasteiger partial charge in [-0.25, -0.2) is 4.68 Å². The maximum absolute atomic E-state index is 5.88. The van der Waals surface area contributed by atoms with E-state index in [1.165, 1.54) is 19.3 Å². The smallest absolute Gasteiger partial charge is 0.0769 e. The summed E-state index contributed by atoms with van der Waals surface area (Å²) in [5, 5.41) is 4.68. The van der Waals surface area contributed by atoms with Crippen molar-refractivity contribution in [3.63, 3.8) is 0 Å². The highest BCUT2D eigenvalue weighted by molar-refractivity contribution is 5.30. The van der Waals surface area contributed by atoms with Crippen LogP contribution in [0.5, 0.6) is 0 Å². The number of nitrogens with two attached hydrogens (primary N) is 1. The Labute approximate surface area is 120 Å². The number of likely N-dealkylation sites (tertiary alicyclic amines) is 1. The first-order valence-corrected chi connectivity index (χ1v) is 7.41. The molecule has 0 amide bonds. The van der Waals surface area contributed by atoms with E-state index in [0.29, 0.717) is 6.04 Å². The lowest BCUT2D eigenvalue weighted by Gasteiger charge is -2.34. The maximum atomic E-state index is 5.88. The third-order valence-electron chi connectivity index (χ3n) is 4.05. The first kappa shape index (κ1) is 13.3. The second kappa shape index (κ2) is 6.20. The lowest BCUT2D eigenvalue weighted by Crippen LogP contribution is -2.43. The summed E-state index contributed by atoms with van der Waals surface area (Å²) in [4.78, 5) is 2.47. The van der Waals surface area contributed by atoms with E-state index in [0.717, 1.165) is 31.0 Å². The number of hydrogen-bond acceptors (Lipinski definition) is 3. The number of piperidine rings is 1. The average molecular weight is 270 g/mol. The lowest BCUT2D eigenvalue weighted by molar-refractivity contribution is 0.143. The molecule has 4 heteroatoms. The van der Waals surface area contributed by atoms with Crippen molar-refractivity contribution in [1.29, 1.82) is 0 Å². The summed E-state index contributed by atoms with van der Waals surface area (Å²) in [6.45, 7) is 2.79. The molecule has 0 spiro atoms. The Morgan fingerprint density at radius 3 is 2.80 bits per heavy atom. The fourth-order valence-electron chi connectivity index (χ4n) is 2.91. The molecular formula is C16H22N4. The zero-order valence-electron chi connectivity index (χ0n) is 11.8. The van der Waals surface area contributed by atoms with Crippen LogP contribution in [0.15, 0.2) is 42.6 Å². The van der Waals surface area contributed by atoms with Gasteiger partial charge in [0.25, 0.3) is 0 Å². The highest BCUT2D eigenvalue weighted by Crippen LogP contribution is 2.18. The average Bonchev–Trinajstić information content (AvgIpc) is 2.97. The maximum Gasteiger partial charge on any atom is 0.0769 e. The van der Waals surface area contributed by atoms with E-state index in [1.54, 1.807) is 0 Å². The first-order chi connectivity index (χ1) is 9.86. The van der Waals surface area contributed by atoms with Gasteiger partial charge in [-0.1, -0.05) is 24.6 Å². The fourth-order valence-corrected chi connectivity index (χ4v) is 2.91. The predicted molar refractivity (Wildman–Crippen MR) is 80.7 cm³/mol. The molecule has 1 atom stereocenters. The van der Waals surface area contributed by atoms with Crippen molar-refractivity contribution in [2.24, 2.45) is 5.73 Å². The van der Waals surface area contributed by atoms with Crippen LogP contribution in [0.25, 0.3) is 5.69 Å². The Morgan fingerprint density at radius 1 is 1.15 bits per heavy atom. The summed E-state index contributed by atoms with van der Waals surface area (Å²) in [7, 11) is 0. The van der Waals surface area contributed by atoms with Gasteiger partial charge >= 0.3 is 0 Å². The summed E-state index contributed by atoms with van der Waals surface area (Å²) < 4.78 is 1.94. The van der Waals surface area contributed by atoms with Gasteiger partial charge in [-0.05, 0) is 37.6 Å². The van der Waals surface area contributed by atoms with Gasteiger partial charge in [0.1, 0.15) is 0 Å². The highest BCUT2D eigenvalue weighted by atomic mass is 15.3. The molecule has 3 rings (SSSR count). The minimum atomic E-state index is 0.519. The van der Waals surface area contributed by atoms with Crippen molar-refractivity contribution >= 4 is 0 Å². The molecule has 1 saturated heterocycles. The van der Waals surface area contributed by atoms with Gasteiger partial charge in [-0.15, -0.1) is 0 Å². The van der Waals surface area contributed by atoms with Gasteiger partial charge in [0, 0.05) is 25.3 Å². The minimum absolute atomic E-state index is 0.519. The molecule has 2 heterocycles. The molecule has 2 N–H and O–H groups in total. The number of nitrogens with zero attached hydrogens (tertiary/aromatic N) is 3. The molecule has 106 valence electrons. The number of para-hydroxylation sites is 1. The Balaban J connectivity index is 1.71. The van der Waals surface area contributed by atoms with Crippen molar-refractivity contribution in [3.05, 3.63) is 48.3 Å². The molecule has 1 aromatic carbocycles. The molecule has 0 radical (unpaired) electrons. The Hall–Kier alpha value is -1.65. The molecule has 1 unspecified atom stereocenters. The molecule has 0 bridgehead atoms. The van der Waals surface area contributed by atoms with Crippen LogP contribution in [0.2, 0.25) is 0 Å². The van der Waals surface area contributed by atoms with Crippen LogP contribution in [0.1, 0.15) is 25.0 Å². The highest BCUT2D eigenvalue weighted by Gasteiger charge is 2.21. The summed E-state index contributed by atoms with van der Waals surface area (Å²) >= 11 is 0. The monoisotopic (exact) mass is 270 g/mol. The van der Waals surface area contributed by atoms with Gasteiger partial charge in [-0.2, -0.15) is 5.10 Å². The van der Waals surface area contributed by atoms with E-state index < -0.39 is 0 Å². The molecule has 1 aromatic heterocycles. The Morgan fingerprint density at radius 2 is 2.00 bits per heavy atom. The van der Waals surface area contributed by atoms with E-state index in [4.69, 9.17) is 5.73 Å². The molecule has 2 aromatic rings. The molecule has 0 saturated carbocycles. The van der Waals surface area contributed by atoms with Gasteiger partial charge in [0.2, 0.25) is 0 Å². The predicted octanol–water partition coefficient (Wildman–Crippen LogP) is 2.19. The Kier molecular flexibility index (Phi) is 4.14.